The number of rotatable bonds is 1. The van der Waals surface area contributed by atoms with Gasteiger partial charge in [-0.1, -0.05) is 12.2 Å². The van der Waals surface area contributed by atoms with Gasteiger partial charge < -0.3 is 16.0 Å². The van der Waals surface area contributed by atoms with Gasteiger partial charge in [0.05, 0.1) is 0 Å². The van der Waals surface area contributed by atoms with E-state index in [1.807, 2.05) is 43.1 Å². The topological polar surface area (TPSA) is 57.0 Å². The number of allylic oxidation sites excluding steroid dienone is 1. The van der Waals surface area contributed by atoms with Crippen molar-refractivity contribution >= 4 is 5.57 Å². The minimum atomic E-state index is -0.284. The molecule has 1 atom stereocenters. The number of nitrogens with zero attached hydrogens (tertiary/aromatic N) is 1. The fraction of sp³-hybridized carbons (Fsp3) is 0.333. The second-order valence-electron chi connectivity index (χ2n) is 4.49. The second-order valence-corrected chi connectivity index (χ2v) is 4.49. The van der Waals surface area contributed by atoms with Gasteiger partial charge in [0.1, 0.15) is 0 Å². The lowest BCUT2D eigenvalue weighted by Gasteiger charge is -2.25. The van der Waals surface area contributed by atoms with Crippen molar-refractivity contribution in [3.63, 3.8) is 0 Å². The van der Waals surface area contributed by atoms with Gasteiger partial charge in [-0.25, -0.2) is 0 Å². The van der Waals surface area contributed by atoms with Gasteiger partial charge in [0.15, 0.2) is 0 Å². The molecule has 0 aromatic carbocycles. The molecule has 3 nitrogen and oxygen atoms in total. The maximum absolute atomic E-state index is 6.09. The number of hydrogen-bond acceptors (Lipinski definition) is 2. The van der Waals surface area contributed by atoms with Crippen LogP contribution >= 0.6 is 0 Å². The van der Waals surface area contributed by atoms with Gasteiger partial charge in [-0.05, 0) is 19.4 Å². The molecule has 4 N–H and O–H groups in total. The lowest BCUT2D eigenvalue weighted by Crippen LogP contribution is -2.35. The van der Waals surface area contributed by atoms with Gasteiger partial charge in [0.2, 0.25) is 0 Å². The molecule has 1 aromatic rings. The fourth-order valence-electron chi connectivity index (χ4n) is 1.82. The van der Waals surface area contributed by atoms with Crippen molar-refractivity contribution in [2.45, 2.75) is 18.9 Å². The maximum atomic E-state index is 6.09. The summed E-state index contributed by atoms with van der Waals surface area (Å²) < 4.78 is 2.01. The van der Waals surface area contributed by atoms with E-state index >= 15 is 0 Å². The molecule has 1 aromatic heterocycles. The number of aromatic nitrogens is 1. The van der Waals surface area contributed by atoms with Crippen LogP contribution in [0.3, 0.4) is 0 Å². The lowest BCUT2D eigenvalue weighted by molar-refractivity contribution is 0.588. The van der Waals surface area contributed by atoms with E-state index in [0.717, 1.165) is 23.3 Å². The van der Waals surface area contributed by atoms with Gasteiger partial charge in [0, 0.05) is 41.8 Å². The smallest absolute Gasteiger partial charge is 0.0355 e. The Morgan fingerprint density at radius 2 is 2.20 bits per heavy atom. The van der Waals surface area contributed by atoms with Gasteiger partial charge in [-0.3, -0.25) is 0 Å². The van der Waals surface area contributed by atoms with E-state index in [2.05, 4.69) is 6.08 Å². The van der Waals surface area contributed by atoms with Crippen LogP contribution in [0.25, 0.3) is 5.57 Å². The standard InChI is InChI=1S/C12H17N3/c1-12(14)5-3-11(13)10(7-12)9-4-6-15(2)8-9/h3-4,6-8H,5,13-14H2,1-2H3. The molecule has 1 aliphatic carbocycles. The largest absolute Gasteiger partial charge is 0.398 e. The van der Waals surface area contributed by atoms with Crippen LogP contribution in [-0.4, -0.2) is 10.1 Å². The normalized spacial score (nSPS) is 26.1. The predicted octanol–water partition coefficient (Wildman–Crippen LogP) is 1.37. The Balaban J connectivity index is 2.43. The molecule has 0 spiro atoms. The zero-order chi connectivity index (χ0) is 11.1. The first-order chi connectivity index (χ1) is 6.98. The van der Waals surface area contributed by atoms with Crippen LogP contribution in [0.1, 0.15) is 18.9 Å². The molecule has 0 radical (unpaired) electrons. The van der Waals surface area contributed by atoms with Crippen LogP contribution in [-0.2, 0) is 7.05 Å². The molecular weight excluding hydrogens is 186 g/mol. The van der Waals surface area contributed by atoms with Crippen LogP contribution < -0.4 is 11.5 Å². The molecule has 0 aliphatic heterocycles. The molecule has 2 rings (SSSR count). The zero-order valence-electron chi connectivity index (χ0n) is 9.20. The summed E-state index contributed by atoms with van der Waals surface area (Å²) in [6, 6.07) is 2.05. The fourth-order valence-corrected chi connectivity index (χ4v) is 1.82. The van der Waals surface area contributed by atoms with Crippen molar-refractivity contribution in [3.8, 4) is 0 Å². The Morgan fingerprint density at radius 1 is 1.47 bits per heavy atom. The average molecular weight is 203 g/mol. The van der Waals surface area contributed by atoms with E-state index in [9.17, 15) is 0 Å². The Labute approximate surface area is 90.1 Å². The van der Waals surface area contributed by atoms with E-state index < -0.39 is 0 Å². The molecule has 15 heavy (non-hydrogen) atoms. The van der Waals surface area contributed by atoms with Crippen molar-refractivity contribution in [1.82, 2.24) is 4.57 Å². The van der Waals surface area contributed by atoms with E-state index in [4.69, 9.17) is 11.5 Å². The minimum Gasteiger partial charge on any atom is -0.398 e. The molecule has 80 valence electrons. The quantitative estimate of drug-likeness (QED) is 0.724. The third kappa shape index (κ3) is 1.97. The SMILES string of the molecule is Cn1ccc(C2=CC(C)(N)CC=C2N)c1. The summed E-state index contributed by atoms with van der Waals surface area (Å²) in [4.78, 5) is 0. The molecule has 0 bridgehead atoms. The maximum Gasteiger partial charge on any atom is 0.0355 e. The summed E-state index contributed by atoms with van der Waals surface area (Å²) in [5.41, 5.74) is 14.8. The molecule has 0 amide bonds. The Hall–Kier alpha value is -1.48. The highest BCUT2D eigenvalue weighted by Crippen LogP contribution is 2.28. The molecule has 1 heterocycles. The second kappa shape index (κ2) is 3.28. The first-order valence-electron chi connectivity index (χ1n) is 5.08. The van der Waals surface area contributed by atoms with Gasteiger partial charge in [-0.2, -0.15) is 0 Å². The molecule has 0 saturated heterocycles. The van der Waals surface area contributed by atoms with Crippen molar-refractivity contribution in [1.29, 1.82) is 0 Å². The van der Waals surface area contributed by atoms with Crippen molar-refractivity contribution in [2.24, 2.45) is 18.5 Å². The van der Waals surface area contributed by atoms with Gasteiger partial charge in [-0.15, -0.1) is 0 Å². The third-order valence-electron chi connectivity index (χ3n) is 2.69. The van der Waals surface area contributed by atoms with Crippen molar-refractivity contribution in [2.75, 3.05) is 0 Å². The molecule has 0 saturated carbocycles. The summed E-state index contributed by atoms with van der Waals surface area (Å²) in [6.07, 6.45) is 8.91. The van der Waals surface area contributed by atoms with Crippen LogP contribution in [0.15, 0.2) is 36.3 Å². The number of hydrogen-bond donors (Lipinski definition) is 2. The van der Waals surface area contributed by atoms with Crippen LogP contribution in [0, 0.1) is 0 Å². The van der Waals surface area contributed by atoms with Crippen molar-refractivity contribution in [3.05, 3.63) is 41.9 Å². The van der Waals surface area contributed by atoms with E-state index in [1.165, 1.54) is 0 Å². The summed E-state index contributed by atoms with van der Waals surface area (Å²) in [5, 5.41) is 0. The van der Waals surface area contributed by atoms with E-state index in [1.54, 1.807) is 0 Å². The summed E-state index contributed by atoms with van der Waals surface area (Å²) in [6.45, 7) is 2.01. The minimum absolute atomic E-state index is 0.284. The average Bonchev–Trinajstić information content (AvgIpc) is 2.56. The monoisotopic (exact) mass is 203 g/mol. The summed E-state index contributed by atoms with van der Waals surface area (Å²) in [5.74, 6) is 0. The Kier molecular flexibility index (Phi) is 2.20. The molecule has 1 unspecified atom stereocenters. The molecule has 1 aliphatic rings. The van der Waals surface area contributed by atoms with E-state index in [-0.39, 0.29) is 5.54 Å². The summed E-state index contributed by atoms with van der Waals surface area (Å²) >= 11 is 0. The molecule has 0 fully saturated rings. The van der Waals surface area contributed by atoms with Gasteiger partial charge in [0.25, 0.3) is 0 Å². The predicted molar refractivity (Wildman–Crippen MR) is 62.9 cm³/mol. The zero-order valence-corrected chi connectivity index (χ0v) is 9.20. The van der Waals surface area contributed by atoms with Crippen LogP contribution in [0.2, 0.25) is 0 Å². The van der Waals surface area contributed by atoms with Crippen LogP contribution in [0.4, 0.5) is 0 Å². The highest BCUT2D eigenvalue weighted by atomic mass is 14.9. The number of nitrogens with two attached hydrogens (primary N) is 2. The number of aryl methyl sites for hydroxylation is 1. The molecular formula is C12H17N3. The molecule has 3 heteroatoms. The Morgan fingerprint density at radius 3 is 2.80 bits per heavy atom. The Bertz CT molecular complexity index is 435. The van der Waals surface area contributed by atoms with Gasteiger partial charge >= 0.3 is 0 Å². The third-order valence-corrected chi connectivity index (χ3v) is 2.69. The van der Waals surface area contributed by atoms with Crippen LogP contribution in [0.5, 0.6) is 0 Å². The first-order valence-corrected chi connectivity index (χ1v) is 5.08. The van der Waals surface area contributed by atoms with Crippen molar-refractivity contribution < 1.29 is 0 Å². The van der Waals surface area contributed by atoms with E-state index in [0.29, 0.717) is 0 Å². The summed E-state index contributed by atoms with van der Waals surface area (Å²) in [7, 11) is 1.99. The highest BCUT2D eigenvalue weighted by Gasteiger charge is 2.21. The highest BCUT2D eigenvalue weighted by molar-refractivity contribution is 5.79. The first kappa shape index (κ1) is 10.1. The lowest BCUT2D eigenvalue weighted by atomic mass is 9.87.